The number of nitrogens with zero attached hydrogens (tertiary/aromatic N) is 5. The zero-order chi connectivity index (χ0) is 26.5. The first-order chi connectivity index (χ1) is 16.9. The van der Waals surface area contributed by atoms with Crippen molar-refractivity contribution in [2.75, 3.05) is 27.3 Å². The Hall–Kier alpha value is -3.77. The Balaban J connectivity index is 1.91. The van der Waals surface area contributed by atoms with E-state index < -0.39 is 36.9 Å². The number of imidazole rings is 1. The van der Waals surface area contributed by atoms with Gasteiger partial charge in [-0.1, -0.05) is 11.2 Å². The van der Waals surface area contributed by atoms with E-state index in [1.54, 1.807) is 24.4 Å². The van der Waals surface area contributed by atoms with Crippen molar-refractivity contribution < 1.29 is 35.9 Å². The van der Waals surface area contributed by atoms with Crippen molar-refractivity contribution in [2.45, 2.75) is 25.8 Å². The van der Waals surface area contributed by atoms with Gasteiger partial charge in [-0.2, -0.15) is 26.3 Å². The number of rotatable bonds is 9. The average Bonchev–Trinajstić information content (AvgIpc) is 3.19. The van der Waals surface area contributed by atoms with Gasteiger partial charge in [0.1, 0.15) is 25.2 Å². The largest absolute Gasteiger partial charge is 0.487 e. The van der Waals surface area contributed by atoms with E-state index in [1.165, 1.54) is 25.3 Å². The molecule has 0 amide bonds. The van der Waals surface area contributed by atoms with Gasteiger partial charge >= 0.3 is 12.4 Å². The van der Waals surface area contributed by atoms with Crippen molar-refractivity contribution in [3.63, 3.8) is 0 Å². The zero-order valence-electron chi connectivity index (χ0n) is 19.6. The van der Waals surface area contributed by atoms with Crippen molar-refractivity contribution in [3.8, 4) is 5.75 Å². The summed E-state index contributed by atoms with van der Waals surface area (Å²) < 4.78 is 86.5. The average molecular weight is 515 g/mol. The number of hydrogen-bond acceptors (Lipinski definition) is 5. The fourth-order valence-electron chi connectivity index (χ4n) is 3.16. The standard InChI is InChI=1S/C23H23F6N5O2/c1-4-33(2)14-30-16-8-9-20-19(11-16)31-21(23(27,28)29)34(20)12-17(32-35-3)13-36-18-7-5-6-15(10-18)22(24,25)26/h5-11,14H,4,12-13H2,1-3H3/b30-14+,32-17-. The van der Waals surface area contributed by atoms with Gasteiger partial charge in [-0.05, 0) is 43.3 Å². The van der Waals surface area contributed by atoms with Crippen LogP contribution in [0.1, 0.15) is 18.3 Å². The molecule has 0 aliphatic carbocycles. The fraction of sp³-hybridized carbons (Fsp3) is 0.348. The van der Waals surface area contributed by atoms with Crippen LogP contribution in [-0.2, 0) is 23.7 Å². The summed E-state index contributed by atoms with van der Waals surface area (Å²) in [5.41, 5.74) is -0.292. The maximum atomic E-state index is 13.8. The minimum Gasteiger partial charge on any atom is -0.487 e. The zero-order valence-corrected chi connectivity index (χ0v) is 19.6. The molecule has 7 nitrogen and oxygen atoms in total. The number of ether oxygens (including phenoxy) is 1. The lowest BCUT2D eigenvalue weighted by atomic mass is 10.2. The number of benzene rings is 2. The molecular weight excluding hydrogens is 492 g/mol. The van der Waals surface area contributed by atoms with Gasteiger partial charge in [0.05, 0.1) is 35.2 Å². The number of aromatic nitrogens is 2. The smallest absolute Gasteiger partial charge is 0.449 e. The number of oxime groups is 1. The van der Waals surface area contributed by atoms with Crippen LogP contribution in [0.2, 0.25) is 0 Å². The van der Waals surface area contributed by atoms with Gasteiger partial charge in [0, 0.05) is 13.6 Å². The summed E-state index contributed by atoms with van der Waals surface area (Å²) in [7, 11) is 3.00. The summed E-state index contributed by atoms with van der Waals surface area (Å²) >= 11 is 0. The van der Waals surface area contributed by atoms with E-state index in [2.05, 4.69) is 15.1 Å². The highest BCUT2D eigenvalue weighted by atomic mass is 19.4. The normalized spacial score (nSPS) is 13.0. The second kappa shape index (κ2) is 10.9. The lowest BCUT2D eigenvalue weighted by Crippen LogP contribution is -2.23. The molecule has 1 heterocycles. The van der Waals surface area contributed by atoms with Gasteiger partial charge in [0.25, 0.3) is 0 Å². The SMILES string of the molecule is CCN(C)/C=N/c1ccc2c(c1)nc(C(F)(F)F)n2C/C(COc1cccc(C(F)(F)F)c1)=N/OC. The Morgan fingerprint density at radius 3 is 2.47 bits per heavy atom. The molecule has 0 spiro atoms. The molecule has 0 unspecified atom stereocenters. The maximum Gasteiger partial charge on any atom is 0.449 e. The second-order valence-corrected chi connectivity index (χ2v) is 7.66. The summed E-state index contributed by atoms with van der Waals surface area (Å²) in [5, 5.41) is 3.72. The Morgan fingerprint density at radius 1 is 1.08 bits per heavy atom. The molecule has 0 saturated carbocycles. The molecule has 0 radical (unpaired) electrons. The molecular formula is C23H23F6N5O2. The molecule has 0 saturated heterocycles. The minimum absolute atomic E-state index is 0.00798. The van der Waals surface area contributed by atoms with Crippen molar-refractivity contribution >= 4 is 28.8 Å². The van der Waals surface area contributed by atoms with Crippen molar-refractivity contribution in [1.82, 2.24) is 14.5 Å². The summed E-state index contributed by atoms with van der Waals surface area (Å²) in [6, 6.07) is 8.55. The Morgan fingerprint density at radius 2 is 1.83 bits per heavy atom. The van der Waals surface area contributed by atoms with Crippen LogP contribution in [0.15, 0.2) is 52.6 Å². The van der Waals surface area contributed by atoms with Crippen LogP contribution < -0.4 is 4.74 Å². The number of aliphatic imine (C=N–C) groups is 1. The van der Waals surface area contributed by atoms with E-state index in [9.17, 15) is 26.3 Å². The third-order valence-corrected chi connectivity index (χ3v) is 5.02. The van der Waals surface area contributed by atoms with Crippen molar-refractivity contribution in [1.29, 1.82) is 0 Å². The molecule has 194 valence electrons. The van der Waals surface area contributed by atoms with Crippen LogP contribution in [0.4, 0.5) is 32.0 Å². The molecule has 0 N–H and O–H groups in total. The predicted molar refractivity (Wildman–Crippen MR) is 123 cm³/mol. The Labute approximate surface area is 202 Å². The molecule has 0 aliphatic heterocycles. The predicted octanol–water partition coefficient (Wildman–Crippen LogP) is 5.77. The van der Waals surface area contributed by atoms with Crippen LogP contribution in [0.25, 0.3) is 11.0 Å². The molecule has 0 bridgehead atoms. The first-order valence-electron chi connectivity index (χ1n) is 10.6. The first kappa shape index (κ1) is 26.8. The highest BCUT2D eigenvalue weighted by Gasteiger charge is 2.38. The van der Waals surface area contributed by atoms with E-state index in [1.807, 2.05) is 6.92 Å². The van der Waals surface area contributed by atoms with Gasteiger partial charge in [-0.3, -0.25) is 0 Å². The van der Waals surface area contributed by atoms with Gasteiger partial charge in [0.2, 0.25) is 5.82 Å². The Kier molecular flexibility index (Phi) is 8.10. The first-order valence-corrected chi connectivity index (χ1v) is 10.6. The molecule has 2 aromatic carbocycles. The summed E-state index contributed by atoms with van der Waals surface area (Å²) in [6.45, 7) is 1.77. The van der Waals surface area contributed by atoms with Crippen LogP contribution in [0.3, 0.4) is 0 Å². The number of halogens is 6. The van der Waals surface area contributed by atoms with Gasteiger partial charge < -0.3 is 19.0 Å². The number of alkyl halides is 6. The molecule has 0 fully saturated rings. The van der Waals surface area contributed by atoms with E-state index in [0.29, 0.717) is 12.2 Å². The van der Waals surface area contributed by atoms with E-state index in [0.717, 1.165) is 22.8 Å². The lowest BCUT2D eigenvalue weighted by molar-refractivity contribution is -0.146. The maximum absolute atomic E-state index is 13.8. The monoisotopic (exact) mass is 515 g/mol. The van der Waals surface area contributed by atoms with E-state index in [4.69, 9.17) is 9.57 Å². The van der Waals surface area contributed by atoms with Crippen LogP contribution in [0, 0.1) is 0 Å². The van der Waals surface area contributed by atoms with E-state index >= 15 is 0 Å². The highest BCUT2D eigenvalue weighted by molar-refractivity contribution is 5.88. The van der Waals surface area contributed by atoms with Gasteiger partial charge in [-0.25, -0.2) is 9.98 Å². The fourth-order valence-corrected chi connectivity index (χ4v) is 3.16. The third-order valence-electron chi connectivity index (χ3n) is 5.02. The number of fused-ring (bicyclic) bond motifs is 1. The van der Waals surface area contributed by atoms with Gasteiger partial charge in [-0.15, -0.1) is 0 Å². The molecule has 13 heteroatoms. The third kappa shape index (κ3) is 6.67. The van der Waals surface area contributed by atoms with Crippen LogP contribution in [-0.4, -0.2) is 53.8 Å². The topological polar surface area (TPSA) is 64.2 Å². The molecule has 36 heavy (non-hydrogen) atoms. The lowest BCUT2D eigenvalue weighted by Gasteiger charge is -2.14. The second-order valence-electron chi connectivity index (χ2n) is 7.66. The highest BCUT2D eigenvalue weighted by Crippen LogP contribution is 2.33. The molecule has 3 aromatic rings. The molecule has 1 aromatic heterocycles. The summed E-state index contributed by atoms with van der Waals surface area (Å²) in [6.07, 6.45) is -7.81. The quantitative estimate of drug-likeness (QED) is 0.157. The summed E-state index contributed by atoms with van der Waals surface area (Å²) in [5.74, 6) is -1.30. The molecule has 3 rings (SSSR count). The van der Waals surface area contributed by atoms with Crippen LogP contribution >= 0.6 is 0 Å². The van der Waals surface area contributed by atoms with Crippen molar-refractivity contribution in [3.05, 3.63) is 53.9 Å². The summed E-state index contributed by atoms with van der Waals surface area (Å²) in [4.78, 5) is 14.5. The molecule has 0 atom stereocenters. The van der Waals surface area contributed by atoms with Gasteiger partial charge in [0.15, 0.2) is 0 Å². The Bertz CT molecular complexity index is 1250. The minimum atomic E-state index is -4.79. The van der Waals surface area contributed by atoms with Crippen LogP contribution in [0.5, 0.6) is 5.75 Å². The number of hydrogen-bond donors (Lipinski definition) is 0. The van der Waals surface area contributed by atoms with Crippen molar-refractivity contribution in [2.24, 2.45) is 10.1 Å². The van der Waals surface area contributed by atoms with E-state index in [-0.39, 0.29) is 22.5 Å². The molecule has 0 aliphatic rings.